The molecule has 1 aliphatic heterocycles. The van der Waals surface area contributed by atoms with E-state index in [9.17, 15) is 9.59 Å². The van der Waals surface area contributed by atoms with Crippen LogP contribution in [0.2, 0.25) is 0 Å². The van der Waals surface area contributed by atoms with Gasteiger partial charge in [0.15, 0.2) is 11.5 Å². The number of carboxylic acid groups (broad SMARTS) is 1. The Bertz CT molecular complexity index is 557. The quantitative estimate of drug-likeness (QED) is 0.833. The van der Waals surface area contributed by atoms with Crippen molar-refractivity contribution < 1.29 is 24.2 Å². The second-order valence-electron chi connectivity index (χ2n) is 5.16. The topological polar surface area (TPSA) is 76.1 Å². The summed E-state index contributed by atoms with van der Waals surface area (Å²) in [5, 5.41) is 9.01. The number of ether oxygens (including phenoxy) is 2. The van der Waals surface area contributed by atoms with Gasteiger partial charge < -0.3 is 19.5 Å². The summed E-state index contributed by atoms with van der Waals surface area (Å²) in [5.41, 5.74) is 0.895. The first-order valence-electron chi connectivity index (χ1n) is 7.44. The van der Waals surface area contributed by atoms with E-state index in [1.165, 1.54) is 0 Å². The van der Waals surface area contributed by atoms with Gasteiger partial charge in [0.05, 0.1) is 19.1 Å². The van der Waals surface area contributed by atoms with Crippen LogP contribution in [0.1, 0.15) is 25.8 Å². The molecule has 1 aromatic rings. The smallest absolute Gasteiger partial charge is 0.308 e. The van der Waals surface area contributed by atoms with Gasteiger partial charge >= 0.3 is 5.97 Å². The Morgan fingerprint density at radius 1 is 1.27 bits per heavy atom. The van der Waals surface area contributed by atoms with Gasteiger partial charge in [-0.05, 0) is 31.5 Å². The minimum absolute atomic E-state index is 0.0741. The molecule has 1 aliphatic rings. The van der Waals surface area contributed by atoms with Crippen LogP contribution in [0, 0.1) is 5.92 Å². The van der Waals surface area contributed by atoms with E-state index in [0.29, 0.717) is 31.3 Å². The number of aliphatic carboxylic acids is 1. The molecule has 0 aromatic heterocycles. The molecule has 6 nitrogen and oxygen atoms in total. The Labute approximate surface area is 129 Å². The van der Waals surface area contributed by atoms with Gasteiger partial charge in [0.1, 0.15) is 0 Å². The van der Waals surface area contributed by atoms with Crippen LogP contribution < -0.4 is 9.47 Å². The molecule has 0 bridgehead atoms. The molecule has 0 saturated carbocycles. The number of rotatable bonds is 7. The van der Waals surface area contributed by atoms with Gasteiger partial charge in [-0.2, -0.15) is 0 Å². The second kappa shape index (κ2) is 7.15. The molecule has 2 rings (SSSR count). The predicted octanol–water partition coefficient (Wildman–Crippen LogP) is 1.92. The van der Waals surface area contributed by atoms with Crippen molar-refractivity contribution in [3.05, 3.63) is 23.8 Å². The fourth-order valence-corrected chi connectivity index (χ4v) is 2.50. The maximum Gasteiger partial charge on any atom is 0.308 e. The minimum Gasteiger partial charge on any atom is -0.490 e. The van der Waals surface area contributed by atoms with E-state index in [-0.39, 0.29) is 18.9 Å². The molecule has 120 valence electrons. The predicted molar refractivity (Wildman–Crippen MR) is 79.9 cm³/mol. The lowest BCUT2D eigenvalue weighted by atomic mass is 10.1. The van der Waals surface area contributed by atoms with Crippen LogP contribution in [-0.4, -0.2) is 41.6 Å². The van der Waals surface area contributed by atoms with Gasteiger partial charge in [0.2, 0.25) is 5.91 Å². The molecule has 1 heterocycles. The molecule has 1 aromatic carbocycles. The Morgan fingerprint density at radius 2 is 1.95 bits per heavy atom. The number of benzene rings is 1. The Hall–Kier alpha value is -2.24. The summed E-state index contributed by atoms with van der Waals surface area (Å²) in [6.45, 7) is 5.50. The fourth-order valence-electron chi connectivity index (χ4n) is 2.50. The third kappa shape index (κ3) is 3.69. The van der Waals surface area contributed by atoms with Crippen LogP contribution in [0.4, 0.5) is 0 Å². The Morgan fingerprint density at radius 3 is 2.55 bits per heavy atom. The first-order valence-corrected chi connectivity index (χ1v) is 7.44. The molecule has 1 atom stereocenters. The first kappa shape index (κ1) is 16.1. The number of nitrogens with zero attached hydrogens (tertiary/aromatic N) is 1. The van der Waals surface area contributed by atoms with E-state index in [2.05, 4.69) is 0 Å². The van der Waals surface area contributed by atoms with E-state index in [1.807, 2.05) is 32.0 Å². The highest BCUT2D eigenvalue weighted by molar-refractivity contribution is 5.86. The van der Waals surface area contributed by atoms with Gasteiger partial charge in [0.25, 0.3) is 0 Å². The second-order valence-corrected chi connectivity index (χ2v) is 5.16. The molecule has 0 spiro atoms. The highest BCUT2D eigenvalue weighted by Gasteiger charge is 2.34. The Kier molecular flexibility index (Phi) is 5.25. The van der Waals surface area contributed by atoms with Gasteiger partial charge in [-0.15, -0.1) is 0 Å². The monoisotopic (exact) mass is 307 g/mol. The third-order valence-corrected chi connectivity index (χ3v) is 3.54. The number of carbonyl (C=O) groups excluding carboxylic acids is 1. The molecule has 6 heteroatoms. The number of amides is 1. The molecule has 1 N–H and O–H groups in total. The standard InChI is InChI=1S/C16H21NO5/c1-3-21-13-6-5-11(7-14(13)22-4-2)9-17-10-12(16(19)20)8-15(17)18/h5-7,12H,3-4,8-10H2,1-2H3,(H,19,20). The molecular formula is C16H21NO5. The molecule has 1 unspecified atom stereocenters. The van der Waals surface area contributed by atoms with Gasteiger partial charge in [0, 0.05) is 19.5 Å². The molecule has 1 fully saturated rings. The number of carbonyl (C=O) groups is 2. The van der Waals surface area contributed by atoms with Crippen LogP contribution in [0.5, 0.6) is 11.5 Å². The number of hydrogen-bond donors (Lipinski definition) is 1. The zero-order chi connectivity index (χ0) is 16.1. The van der Waals surface area contributed by atoms with Gasteiger partial charge in [-0.1, -0.05) is 6.07 Å². The highest BCUT2D eigenvalue weighted by Crippen LogP contribution is 2.30. The summed E-state index contributed by atoms with van der Waals surface area (Å²) in [6, 6.07) is 5.53. The summed E-state index contributed by atoms with van der Waals surface area (Å²) in [7, 11) is 0. The van der Waals surface area contributed by atoms with Crippen LogP contribution >= 0.6 is 0 Å². The molecule has 0 radical (unpaired) electrons. The van der Waals surface area contributed by atoms with Crippen molar-refractivity contribution >= 4 is 11.9 Å². The van der Waals surface area contributed by atoms with Gasteiger partial charge in [-0.3, -0.25) is 9.59 Å². The maximum absolute atomic E-state index is 11.9. The van der Waals surface area contributed by atoms with Crippen molar-refractivity contribution in [1.29, 1.82) is 0 Å². The lowest BCUT2D eigenvalue weighted by Crippen LogP contribution is -2.25. The molecule has 0 aliphatic carbocycles. The lowest BCUT2D eigenvalue weighted by molar-refractivity contribution is -0.141. The van der Waals surface area contributed by atoms with Crippen molar-refractivity contribution in [2.45, 2.75) is 26.8 Å². The largest absolute Gasteiger partial charge is 0.490 e. The molecular weight excluding hydrogens is 286 g/mol. The van der Waals surface area contributed by atoms with Crippen molar-refractivity contribution in [3.63, 3.8) is 0 Å². The first-order chi connectivity index (χ1) is 10.5. The van der Waals surface area contributed by atoms with Crippen molar-refractivity contribution in [1.82, 2.24) is 4.90 Å². The minimum atomic E-state index is -0.919. The summed E-state index contributed by atoms with van der Waals surface area (Å²) in [4.78, 5) is 24.4. The van der Waals surface area contributed by atoms with Crippen LogP contribution in [0.15, 0.2) is 18.2 Å². The van der Waals surface area contributed by atoms with E-state index in [0.717, 1.165) is 5.56 Å². The molecule has 1 saturated heterocycles. The zero-order valence-electron chi connectivity index (χ0n) is 12.9. The third-order valence-electron chi connectivity index (χ3n) is 3.54. The van der Waals surface area contributed by atoms with Crippen molar-refractivity contribution in [2.75, 3.05) is 19.8 Å². The van der Waals surface area contributed by atoms with E-state index in [1.54, 1.807) is 4.90 Å². The van der Waals surface area contributed by atoms with Crippen molar-refractivity contribution in [3.8, 4) is 11.5 Å². The normalized spacial score (nSPS) is 17.6. The number of likely N-dealkylation sites (tertiary alicyclic amines) is 1. The highest BCUT2D eigenvalue weighted by atomic mass is 16.5. The van der Waals surface area contributed by atoms with E-state index < -0.39 is 11.9 Å². The lowest BCUT2D eigenvalue weighted by Gasteiger charge is -2.18. The maximum atomic E-state index is 11.9. The van der Waals surface area contributed by atoms with Crippen LogP contribution in [-0.2, 0) is 16.1 Å². The summed E-state index contributed by atoms with van der Waals surface area (Å²) < 4.78 is 11.1. The molecule has 22 heavy (non-hydrogen) atoms. The Balaban J connectivity index is 2.11. The zero-order valence-corrected chi connectivity index (χ0v) is 12.9. The average Bonchev–Trinajstić information content (AvgIpc) is 2.84. The number of hydrogen-bond acceptors (Lipinski definition) is 4. The van der Waals surface area contributed by atoms with Gasteiger partial charge in [-0.25, -0.2) is 0 Å². The van der Waals surface area contributed by atoms with E-state index in [4.69, 9.17) is 14.6 Å². The summed E-state index contributed by atoms with van der Waals surface area (Å²) in [5.74, 6) is -0.342. The molecule has 1 amide bonds. The van der Waals surface area contributed by atoms with E-state index >= 15 is 0 Å². The summed E-state index contributed by atoms with van der Waals surface area (Å²) >= 11 is 0. The number of carboxylic acids is 1. The average molecular weight is 307 g/mol. The van der Waals surface area contributed by atoms with Crippen molar-refractivity contribution in [2.24, 2.45) is 5.92 Å². The van der Waals surface area contributed by atoms with Crippen LogP contribution in [0.25, 0.3) is 0 Å². The van der Waals surface area contributed by atoms with Crippen LogP contribution in [0.3, 0.4) is 0 Å². The summed E-state index contributed by atoms with van der Waals surface area (Å²) in [6.07, 6.45) is 0.0741. The SMILES string of the molecule is CCOc1ccc(CN2CC(C(=O)O)CC2=O)cc1OCC. The fraction of sp³-hybridized carbons (Fsp3) is 0.500.